The summed E-state index contributed by atoms with van der Waals surface area (Å²) in [5.74, 6) is 8.81. The molecule has 5 N–H and O–H groups in total. The van der Waals surface area contributed by atoms with Gasteiger partial charge in [0.2, 0.25) is 0 Å². The van der Waals surface area contributed by atoms with Crippen molar-refractivity contribution in [3.05, 3.63) is 53.5 Å². The fourth-order valence-electron chi connectivity index (χ4n) is 3.83. The molecule has 0 spiro atoms. The van der Waals surface area contributed by atoms with Crippen LogP contribution in [0.4, 0.5) is 22.0 Å². The quantitative estimate of drug-likeness (QED) is 0.429. The topological polar surface area (TPSA) is 137 Å². The average Bonchev–Trinajstić information content (AvgIpc) is 3.23. The molecule has 1 aliphatic carbocycles. The van der Waals surface area contributed by atoms with Crippen LogP contribution in [0.2, 0.25) is 0 Å². The zero-order chi connectivity index (χ0) is 23.2. The number of amidine groups is 1. The van der Waals surface area contributed by atoms with Crippen molar-refractivity contribution in [3.8, 4) is 0 Å². The molecule has 3 aromatic rings. The number of hydrogen-bond acceptors (Lipinski definition) is 7. The van der Waals surface area contributed by atoms with Crippen LogP contribution in [-0.2, 0) is 5.41 Å². The highest BCUT2D eigenvalue weighted by atomic mass is 16.5. The maximum absolute atomic E-state index is 12.4. The molecule has 3 heterocycles. The van der Waals surface area contributed by atoms with Crippen LogP contribution < -0.4 is 21.5 Å². The number of benzene rings is 1. The summed E-state index contributed by atoms with van der Waals surface area (Å²) in [6.07, 6.45) is 5.29. The molecule has 0 radical (unpaired) electrons. The Morgan fingerprint density at radius 3 is 2.67 bits per heavy atom. The molecule has 2 aromatic heterocycles. The van der Waals surface area contributed by atoms with Crippen LogP contribution in [0.1, 0.15) is 63.1 Å². The van der Waals surface area contributed by atoms with E-state index in [1.165, 1.54) is 12.8 Å². The SMILES string of the molecule is CC(C)(C)c1cc(NC(=O)Nc2ccc(C3=NC(CC4CC4)c4n[nH]cc4N3N)cc2)no1. The number of hydrazine groups is 1. The molecule has 2 aliphatic rings. The second-order valence-electron chi connectivity index (χ2n) is 9.66. The van der Waals surface area contributed by atoms with E-state index in [1.807, 2.05) is 45.0 Å². The smallest absolute Gasteiger partial charge is 0.324 e. The summed E-state index contributed by atoms with van der Waals surface area (Å²) < 4.78 is 5.30. The molecule has 33 heavy (non-hydrogen) atoms. The van der Waals surface area contributed by atoms with Gasteiger partial charge >= 0.3 is 6.03 Å². The zero-order valence-corrected chi connectivity index (χ0v) is 18.9. The minimum atomic E-state index is -0.403. The molecular formula is C23H28N8O2. The Morgan fingerprint density at radius 1 is 1.24 bits per heavy atom. The molecule has 1 saturated carbocycles. The summed E-state index contributed by atoms with van der Waals surface area (Å²) in [6.45, 7) is 6.04. The van der Waals surface area contributed by atoms with Crippen molar-refractivity contribution in [2.24, 2.45) is 16.8 Å². The molecule has 1 aliphatic heterocycles. The maximum Gasteiger partial charge on any atom is 0.324 e. The molecule has 2 amide bonds. The standard InChI is InChI=1S/C23H28N8O2/c1-23(2,3)18-11-19(30-33-18)28-22(32)26-15-8-6-14(7-9-15)21-27-16(10-13-4-5-13)20-17(31(21)24)12-25-29-20/h6-9,11-13,16H,4-5,10,24H2,1-3H3,(H,25,29)(H2,26,28,30,32). The highest BCUT2D eigenvalue weighted by Gasteiger charge is 2.34. The summed E-state index contributed by atoms with van der Waals surface area (Å²) in [5.41, 5.74) is 3.05. The van der Waals surface area contributed by atoms with Gasteiger partial charge < -0.3 is 9.84 Å². The number of nitrogens with two attached hydrogens (primary N) is 1. The minimum Gasteiger partial charge on any atom is -0.359 e. The number of aromatic amines is 1. The Hall–Kier alpha value is -3.66. The van der Waals surface area contributed by atoms with Gasteiger partial charge in [-0.05, 0) is 36.6 Å². The van der Waals surface area contributed by atoms with Crippen molar-refractivity contribution in [2.75, 3.05) is 15.6 Å². The molecule has 0 bridgehead atoms. The largest absolute Gasteiger partial charge is 0.359 e. The molecule has 10 nitrogen and oxygen atoms in total. The normalized spacial score (nSPS) is 18.0. The molecule has 1 atom stereocenters. The molecule has 5 rings (SSSR count). The number of urea groups is 1. The highest BCUT2D eigenvalue weighted by molar-refractivity contribution is 6.10. The number of carbonyl (C=O) groups is 1. The Labute approximate surface area is 191 Å². The lowest BCUT2D eigenvalue weighted by molar-refractivity contribution is 0.262. The molecule has 0 saturated heterocycles. The van der Waals surface area contributed by atoms with Gasteiger partial charge in [-0.25, -0.2) is 10.6 Å². The van der Waals surface area contributed by atoms with E-state index in [0.717, 1.165) is 23.4 Å². The fraction of sp³-hybridized carbons (Fsp3) is 0.391. The molecule has 172 valence electrons. The van der Waals surface area contributed by atoms with Crippen molar-refractivity contribution in [1.82, 2.24) is 15.4 Å². The van der Waals surface area contributed by atoms with E-state index in [2.05, 4.69) is 26.0 Å². The van der Waals surface area contributed by atoms with Gasteiger partial charge in [-0.3, -0.25) is 20.4 Å². The fourth-order valence-corrected chi connectivity index (χ4v) is 3.83. The number of amides is 2. The van der Waals surface area contributed by atoms with Gasteiger partial charge in [-0.1, -0.05) is 38.8 Å². The Kier molecular flexibility index (Phi) is 5.16. The number of nitrogens with one attached hydrogen (secondary N) is 3. The molecule has 1 fully saturated rings. The van der Waals surface area contributed by atoms with Crippen LogP contribution in [-0.4, -0.2) is 27.2 Å². The van der Waals surface area contributed by atoms with E-state index in [9.17, 15) is 4.79 Å². The van der Waals surface area contributed by atoms with E-state index < -0.39 is 6.03 Å². The minimum absolute atomic E-state index is 0.00224. The number of nitrogens with zero attached hydrogens (tertiary/aromatic N) is 4. The molecule has 10 heteroatoms. The first-order chi connectivity index (χ1) is 15.8. The number of H-pyrrole nitrogens is 1. The highest BCUT2D eigenvalue weighted by Crippen LogP contribution is 2.42. The lowest BCUT2D eigenvalue weighted by atomic mass is 9.93. The van der Waals surface area contributed by atoms with Gasteiger partial charge in [0.15, 0.2) is 11.7 Å². The van der Waals surface area contributed by atoms with Gasteiger partial charge in [-0.2, -0.15) is 5.10 Å². The lowest BCUT2D eigenvalue weighted by Gasteiger charge is -2.28. The number of fused-ring (bicyclic) bond motifs is 1. The number of aliphatic imine (C=N–C) groups is 1. The third kappa shape index (κ3) is 4.47. The van der Waals surface area contributed by atoms with Crippen LogP contribution in [0.25, 0.3) is 0 Å². The van der Waals surface area contributed by atoms with Gasteiger partial charge in [0.1, 0.15) is 17.1 Å². The Bertz CT molecular complexity index is 1180. The third-order valence-electron chi connectivity index (χ3n) is 5.88. The van der Waals surface area contributed by atoms with Crippen LogP contribution in [0, 0.1) is 5.92 Å². The summed E-state index contributed by atoms with van der Waals surface area (Å²) >= 11 is 0. The van der Waals surface area contributed by atoms with Crippen LogP contribution >= 0.6 is 0 Å². The zero-order valence-electron chi connectivity index (χ0n) is 18.9. The van der Waals surface area contributed by atoms with Gasteiger partial charge in [0, 0.05) is 28.9 Å². The summed E-state index contributed by atoms with van der Waals surface area (Å²) in [6, 6.07) is 8.73. The van der Waals surface area contributed by atoms with Gasteiger partial charge in [0.05, 0.1) is 6.04 Å². The monoisotopic (exact) mass is 448 g/mol. The predicted molar refractivity (Wildman–Crippen MR) is 126 cm³/mol. The molecular weight excluding hydrogens is 420 g/mol. The van der Waals surface area contributed by atoms with E-state index in [1.54, 1.807) is 17.3 Å². The number of aromatic nitrogens is 3. The summed E-state index contributed by atoms with van der Waals surface area (Å²) in [5, 5.41) is 18.2. The van der Waals surface area contributed by atoms with Crippen LogP contribution in [0.3, 0.4) is 0 Å². The van der Waals surface area contributed by atoms with Crippen molar-refractivity contribution >= 4 is 29.1 Å². The number of anilines is 3. The van der Waals surface area contributed by atoms with Crippen LogP contribution in [0.5, 0.6) is 0 Å². The van der Waals surface area contributed by atoms with Crippen molar-refractivity contribution in [1.29, 1.82) is 0 Å². The second kappa shape index (κ2) is 8.04. The van der Waals surface area contributed by atoms with Gasteiger partial charge in [0.25, 0.3) is 0 Å². The summed E-state index contributed by atoms with van der Waals surface area (Å²) in [4.78, 5) is 17.3. The Morgan fingerprint density at radius 2 is 2.00 bits per heavy atom. The second-order valence-corrected chi connectivity index (χ2v) is 9.66. The third-order valence-corrected chi connectivity index (χ3v) is 5.88. The number of hydrogen-bond donors (Lipinski definition) is 4. The van der Waals surface area contributed by atoms with E-state index in [4.69, 9.17) is 15.4 Å². The number of rotatable bonds is 5. The summed E-state index contributed by atoms with van der Waals surface area (Å²) in [7, 11) is 0. The van der Waals surface area contributed by atoms with E-state index in [-0.39, 0.29) is 11.5 Å². The molecule has 1 aromatic carbocycles. The first-order valence-corrected chi connectivity index (χ1v) is 11.1. The Balaban J connectivity index is 1.27. The average molecular weight is 449 g/mol. The predicted octanol–water partition coefficient (Wildman–Crippen LogP) is 4.32. The molecule has 1 unspecified atom stereocenters. The number of carbonyl (C=O) groups excluding carboxylic acids is 1. The maximum atomic E-state index is 12.4. The first kappa shape index (κ1) is 21.2. The first-order valence-electron chi connectivity index (χ1n) is 11.1. The van der Waals surface area contributed by atoms with E-state index in [0.29, 0.717) is 29.0 Å². The van der Waals surface area contributed by atoms with Crippen LogP contribution in [0.15, 0.2) is 46.0 Å². The lowest BCUT2D eigenvalue weighted by Crippen LogP contribution is -2.41. The van der Waals surface area contributed by atoms with Gasteiger partial charge in [-0.15, -0.1) is 0 Å². The van der Waals surface area contributed by atoms with Crippen molar-refractivity contribution in [3.63, 3.8) is 0 Å². The van der Waals surface area contributed by atoms with Crippen molar-refractivity contribution < 1.29 is 9.32 Å². The van der Waals surface area contributed by atoms with E-state index >= 15 is 0 Å². The van der Waals surface area contributed by atoms with Crippen molar-refractivity contribution in [2.45, 2.75) is 51.5 Å².